The maximum atomic E-state index is 12.3. The average molecular weight is 409 g/mol. The number of carbonyl (C=O) groups is 1. The van der Waals surface area contributed by atoms with Gasteiger partial charge in [0.1, 0.15) is 12.4 Å². The van der Waals surface area contributed by atoms with Crippen molar-refractivity contribution in [3.8, 4) is 5.75 Å². The first-order valence-corrected chi connectivity index (χ1v) is 11.0. The molecular formula is C24H28N2O2S. The highest BCUT2D eigenvalue weighted by Crippen LogP contribution is 2.29. The standard InChI is InChI=1S/C24H28N2O2S/c1-3-14-25-24(27)20-11-8-12-21(16-20)26(4-2)17-23-22(13-15-29-23)28-18-19-9-6-5-7-10-19/h5-13,15-16H,3-4,14,17-18H2,1-2H3,(H,25,27). The van der Waals surface area contributed by atoms with E-state index in [1.807, 2.05) is 49.4 Å². The molecule has 1 heterocycles. The number of hydrogen-bond donors (Lipinski definition) is 1. The van der Waals surface area contributed by atoms with Gasteiger partial charge in [0.15, 0.2) is 0 Å². The van der Waals surface area contributed by atoms with Crippen molar-refractivity contribution in [2.75, 3.05) is 18.0 Å². The Kier molecular flexibility index (Phi) is 7.70. The molecule has 29 heavy (non-hydrogen) atoms. The Morgan fingerprint density at radius 2 is 1.90 bits per heavy atom. The van der Waals surface area contributed by atoms with Crippen molar-refractivity contribution in [2.24, 2.45) is 0 Å². The average Bonchev–Trinajstić information content (AvgIpc) is 3.22. The number of benzene rings is 2. The molecule has 0 fully saturated rings. The number of amides is 1. The third-order valence-corrected chi connectivity index (χ3v) is 5.55. The zero-order chi connectivity index (χ0) is 20.5. The van der Waals surface area contributed by atoms with Crippen molar-refractivity contribution in [1.82, 2.24) is 5.32 Å². The zero-order valence-corrected chi connectivity index (χ0v) is 17.9. The van der Waals surface area contributed by atoms with Gasteiger partial charge in [-0.25, -0.2) is 0 Å². The summed E-state index contributed by atoms with van der Waals surface area (Å²) in [5, 5.41) is 5.01. The highest BCUT2D eigenvalue weighted by molar-refractivity contribution is 7.10. The van der Waals surface area contributed by atoms with Crippen molar-refractivity contribution >= 4 is 22.9 Å². The molecule has 5 heteroatoms. The lowest BCUT2D eigenvalue weighted by molar-refractivity contribution is 0.0953. The van der Waals surface area contributed by atoms with E-state index in [9.17, 15) is 4.79 Å². The molecule has 0 aliphatic heterocycles. The Bertz CT molecular complexity index is 908. The monoisotopic (exact) mass is 408 g/mol. The second kappa shape index (κ2) is 10.7. The van der Waals surface area contributed by atoms with Crippen LogP contribution in [0.2, 0.25) is 0 Å². The molecule has 3 rings (SSSR count). The van der Waals surface area contributed by atoms with Crippen LogP contribution < -0.4 is 15.0 Å². The van der Waals surface area contributed by atoms with Crippen LogP contribution in [0.4, 0.5) is 5.69 Å². The summed E-state index contributed by atoms with van der Waals surface area (Å²) in [6, 6.07) is 20.1. The Balaban J connectivity index is 1.69. The fraction of sp³-hybridized carbons (Fsp3) is 0.292. The minimum Gasteiger partial charge on any atom is -0.488 e. The molecule has 0 saturated carbocycles. The maximum Gasteiger partial charge on any atom is 0.251 e. The summed E-state index contributed by atoms with van der Waals surface area (Å²) >= 11 is 1.70. The Morgan fingerprint density at radius 3 is 2.66 bits per heavy atom. The van der Waals surface area contributed by atoms with Gasteiger partial charge in [-0.15, -0.1) is 11.3 Å². The number of hydrogen-bond acceptors (Lipinski definition) is 4. The summed E-state index contributed by atoms with van der Waals surface area (Å²) in [6.07, 6.45) is 0.927. The van der Waals surface area contributed by atoms with Crippen LogP contribution in [0.3, 0.4) is 0 Å². The number of ether oxygens (including phenoxy) is 1. The summed E-state index contributed by atoms with van der Waals surface area (Å²) in [6.45, 7) is 7.02. The third-order valence-electron chi connectivity index (χ3n) is 4.67. The van der Waals surface area contributed by atoms with Gasteiger partial charge in [0.25, 0.3) is 5.91 Å². The highest BCUT2D eigenvalue weighted by atomic mass is 32.1. The van der Waals surface area contributed by atoms with Gasteiger partial charge in [0, 0.05) is 24.3 Å². The molecule has 0 spiro atoms. The quantitative estimate of drug-likeness (QED) is 0.482. The molecule has 0 aliphatic rings. The van der Waals surface area contributed by atoms with Gasteiger partial charge in [-0.1, -0.05) is 43.3 Å². The first-order chi connectivity index (χ1) is 14.2. The van der Waals surface area contributed by atoms with Crippen LogP contribution in [-0.2, 0) is 13.2 Å². The van der Waals surface area contributed by atoms with E-state index in [-0.39, 0.29) is 5.91 Å². The topological polar surface area (TPSA) is 41.6 Å². The van der Waals surface area contributed by atoms with E-state index < -0.39 is 0 Å². The summed E-state index contributed by atoms with van der Waals surface area (Å²) in [7, 11) is 0. The maximum absolute atomic E-state index is 12.3. The number of carbonyl (C=O) groups excluding carboxylic acids is 1. The number of rotatable bonds is 10. The molecule has 1 amide bonds. The van der Waals surface area contributed by atoms with Crippen LogP contribution in [0.15, 0.2) is 66.0 Å². The summed E-state index contributed by atoms with van der Waals surface area (Å²) < 4.78 is 6.07. The Hall–Kier alpha value is -2.79. The van der Waals surface area contributed by atoms with E-state index in [4.69, 9.17) is 4.74 Å². The lowest BCUT2D eigenvalue weighted by Crippen LogP contribution is -2.25. The van der Waals surface area contributed by atoms with Gasteiger partial charge < -0.3 is 15.0 Å². The molecular weight excluding hydrogens is 380 g/mol. The van der Waals surface area contributed by atoms with Gasteiger partial charge in [-0.3, -0.25) is 4.79 Å². The van der Waals surface area contributed by atoms with E-state index in [2.05, 4.69) is 40.7 Å². The molecule has 0 saturated heterocycles. The predicted octanol–water partition coefficient (Wildman–Crippen LogP) is 5.49. The van der Waals surface area contributed by atoms with Gasteiger partial charge in [0.05, 0.1) is 11.4 Å². The van der Waals surface area contributed by atoms with Crippen molar-refractivity contribution in [2.45, 2.75) is 33.4 Å². The second-order valence-corrected chi connectivity index (χ2v) is 7.80. The van der Waals surface area contributed by atoms with Crippen LogP contribution in [0, 0.1) is 0 Å². The molecule has 1 N–H and O–H groups in total. The molecule has 0 bridgehead atoms. The molecule has 4 nitrogen and oxygen atoms in total. The molecule has 1 aromatic heterocycles. The van der Waals surface area contributed by atoms with E-state index in [0.29, 0.717) is 18.7 Å². The van der Waals surface area contributed by atoms with E-state index in [1.165, 1.54) is 4.88 Å². The van der Waals surface area contributed by atoms with E-state index in [1.54, 1.807) is 11.3 Å². The Labute approximate surface area is 177 Å². The first-order valence-electron chi connectivity index (χ1n) is 10.1. The van der Waals surface area contributed by atoms with Crippen molar-refractivity contribution in [3.63, 3.8) is 0 Å². The number of anilines is 1. The predicted molar refractivity (Wildman–Crippen MR) is 121 cm³/mol. The molecule has 152 valence electrons. The Morgan fingerprint density at radius 1 is 1.07 bits per heavy atom. The smallest absolute Gasteiger partial charge is 0.251 e. The summed E-state index contributed by atoms with van der Waals surface area (Å²) in [4.78, 5) is 15.8. The molecule has 0 radical (unpaired) electrons. The normalized spacial score (nSPS) is 10.6. The van der Waals surface area contributed by atoms with Crippen molar-refractivity contribution < 1.29 is 9.53 Å². The summed E-state index contributed by atoms with van der Waals surface area (Å²) in [5.41, 5.74) is 2.89. The SMILES string of the molecule is CCCNC(=O)c1cccc(N(CC)Cc2sccc2OCc2ccccc2)c1. The van der Waals surface area contributed by atoms with Crippen molar-refractivity contribution in [3.05, 3.63) is 82.0 Å². The number of thiophene rings is 1. The van der Waals surface area contributed by atoms with Crippen LogP contribution in [-0.4, -0.2) is 19.0 Å². The van der Waals surface area contributed by atoms with E-state index in [0.717, 1.165) is 36.5 Å². The fourth-order valence-corrected chi connectivity index (χ4v) is 3.88. The lowest BCUT2D eigenvalue weighted by Gasteiger charge is -2.23. The van der Waals surface area contributed by atoms with Gasteiger partial charge in [-0.05, 0) is 48.6 Å². The molecule has 0 unspecified atom stereocenters. The van der Waals surface area contributed by atoms with E-state index >= 15 is 0 Å². The molecule has 3 aromatic rings. The minimum absolute atomic E-state index is 0.0206. The largest absolute Gasteiger partial charge is 0.488 e. The highest BCUT2D eigenvalue weighted by Gasteiger charge is 2.13. The molecule has 0 aliphatic carbocycles. The van der Waals surface area contributed by atoms with Gasteiger partial charge in [-0.2, -0.15) is 0 Å². The molecule has 0 atom stereocenters. The fourth-order valence-electron chi connectivity index (χ4n) is 3.05. The van der Waals surface area contributed by atoms with Crippen LogP contribution in [0.5, 0.6) is 5.75 Å². The van der Waals surface area contributed by atoms with Crippen LogP contribution in [0.25, 0.3) is 0 Å². The van der Waals surface area contributed by atoms with Gasteiger partial charge >= 0.3 is 0 Å². The lowest BCUT2D eigenvalue weighted by atomic mass is 10.1. The minimum atomic E-state index is -0.0206. The van der Waals surface area contributed by atoms with Crippen molar-refractivity contribution in [1.29, 1.82) is 0 Å². The zero-order valence-electron chi connectivity index (χ0n) is 17.1. The third kappa shape index (κ3) is 5.84. The number of nitrogens with one attached hydrogen (secondary N) is 1. The first kappa shape index (κ1) is 20.9. The van der Waals surface area contributed by atoms with Gasteiger partial charge in [0.2, 0.25) is 0 Å². The summed E-state index contributed by atoms with van der Waals surface area (Å²) in [5.74, 6) is 0.905. The molecule has 2 aromatic carbocycles. The van der Waals surface area contributed by atoms with Crippen LogP contribution >= 0.6 is 11.3 Å². The van der Waals surface area contributed by atoms with Crippen LogP contribution in [0.1, 0.15) is 41.1 Å². The second-order valence-electron chi connectivity index (χ2n) is 6.80. The number of nitrogens with zero attached hydrogens (tertiary/aromatic N) is 1.